The SMILES string of the molecule is [CH2][C@H](NC(=O)c1ccccc1)C(=O)OC. The number of ether oxygens (including phenoxy) is 1. The van der Waals surface area contributed by atoms with Crippen molar-refractivity contribution >= 4 is 11.9 Å². The van der Waals surface area contributed by atoms with Gasteiger partial charge in [0, 0.05) is 5.56 Å². The highest BCUT2D eigenvalue weighted by atomic mass is 16.5. The van der Waals surface area contributed by atoms with Crippen molar-refractivity contribution in [1.29, 1.82) is 0 Å². The fourth-order valence-electron chi connectivity index (χ4n) is 1.03. The van der Waals surface area contributed by atoms with E-state index >= 15 is 0 Å². The van der Waals surface area contributed by atoms with Crippen LogP contribution in [-0.2, 0) is 9.53 Å². The van der Waals surface area contributed by atoms with Crippen LogP contribution in [0.5, 0.6) is 0 Å². The highest BCUT2D eigenvalue weighted by Crippen LogP contribution is 1.98. The molecule has 0 spiro atoms. The second-order valence-corrected chi connectivity index (χ2v) is 2.92. The van der Waals surface area contributed by atoms with Gasteiger partial charge in [-0.2, -0.15) is 0 Å². The maximum atomic E-state index is 11.5. The van der Waals surface area contributed by atoms with Crippen LogP contribution in [0.4, 0.5) is 0 Å². The molecule has 0 saturated carbocycles. The molecule has 15 heavy (non-hydrogen) atoms. The zero-order chi connectivity index (χ0) is 11.3. The van der Waals surface area contributed by atoms with Crippen LogP contribution >= 0.6 is 0 Å². The minimum atomic E-state index is -0.886. The Labute approximate surface area is 88.2 Å². The third kappa shape index (κ3) is 3.09. The summed E-state index contributed by atoms with van der Waals surface area (Å²) in [6.07, 6.45) is 0. The molecule has 0 aromatic heterocycles. The molecule has 1 aromatic rings. The Kier molecular flexibility index (Phi) is 3.85. The van der Waals surface area contributed by atoms with Crippen molar-refractivity contribution in [1.82, 2.24) is 5.32 Å². The number of carbonyl (C=O) groups excluding carboxylic acids is 2. The largest absolute Gasteiger partial charge is 0.467 e. The van der Waals surface area contributed by atoms with Crippen LogP contribution < -0.4 is 5.32 Å². The second-order valence-electron chi connectivity index (χ2n) is 2.92. The molecule has 79 valence electrons. The normalized spacial score (nSPS) is 11.6. The van der Waals surface area contributed by atoms with E-state index in [0.29, 0.717) is 5.56 Å². The Hall–Kier alpha value is -1.84. The third-order valence-corrected chi connectivity index (χ3v) is 1.83. The Bertz CT molecular complexity index is 348. The predicted molar refractivity (Wildman–Crippen MR) is 55.1 cm³/mol. The van der Waals surface area contributed by atoms with E-state index in [9.17, 15) is 9.59 Å². The zero-order valence-corrected chi connectivity index (χ0v) is 8.40. The Balaban J connectivity index is 2.61. The summed E-state index contributed by atoms with van der Waals surface area (Å²) in [5, 5.41) is 2.42. The first kappa shape index (κ1) is 11.2. The summed E-state index contributed by atoms with van der Waals surface area (Å²) in [4.78, 5) is 22.5. The third-order valence-electron chi connectivity index (χ3n) is 1.83. The highest BCUT2D eigenvalue weighted by molar-refractivity contribution is 5.96. The highest BCUT2D eigenvalue weighted by Gasteiger charge is 2.16. The van der Waals surface area contributed by atoms with E-state index in [1.807, 2.05) is 0 Å². The fourth-order valence-corrected chi connectivity index (χ4v) is 1.03. The number of rotatable bonds is 3. The van der Waals surface area contributed by atoms with Crippen molar-refractivity contribution in [2.24, 2.45) is 0 Å². The average Bonchev–Trinajstić information content (AvgIpc) is 2.29. The van der Waals surface area contributed by atoms with Crippen LogP contribution in [0.25, 0.3) is 0 Å². The molecule has 0 heterocycles. The standard InChI is InChI=1S/C11H12NO3/c1-8(11(14)15-2)12-10(13)9-6-4-3-5-7-9/h3-8H,1H2,2H3,(H,12,13)/t8-/m0/s1. The second kappa shape index (κ2) is 5.14. The number of nitrogens with one attached hydrogen (secondary N) is 1. The van der Waals surface area contributed by atoms with Crippen LogP contribution in [0.3, 0.4) is 0 Å². The van der Waals surface area contributed by atoms with Gasteiger partial charge < -0.3 is 10.1 Å². The van der Waals surface area contributed by atoms with Crippen molar-refractivity contribution in [2.45, 2.75) is 6.04 Å². The number of esters is 1. The summed E-state index contributed by atoms with van der Waals surface area (Å²) >= 11 is 0. The summed E-state index contributed by atoms with van der Waals surface area (Å²) in [6.45, 7) is 3.47. The van der Waals surface area contributed by atoms with Crippen LogP contribution in [0, 0.1) is 6.92 Å². The number of carbonyl (C=O) groups is 2. The number of benzene rings is 1. The van der Waals surface area contributed by atoms with E-state index in [0.717, 1.165) is 0 Å². The lowest BCUT2D eigenvalue weighted by Gasteiger charge is -2.10. The smallest absolute Gasteiger partial charge is 0.328 e. The van der Waals surface area contributed by atoms with E-state index in [1.165, 1.54) is 7.11 Å². The van der Waals surface area contributed by atoms with Crippen molar-refractivity contribution in [3.63, 3.8) is 0 Å². The fraction of sp³-hybridized carbons (Fsp3) is 0.182. The van der Waals surface area contributed by atoms with Crippen molar-refractivity contribution < 1.29 is 14.3 Å². The van der Waals surface area contributed by atoms with Gasteiger partial charge >= 0.3 is 5.97 Å². The van der Waals surface area contributed by atoms with Gasteiger partial charge in [-0.05, 0) is 19.1 Å². The monoisotopic (exact) mass is 206 g/mol. The van der Waals surface area contributed by atoms with Crippen molar-refractivity contribution in [2.75, 3.05) is 7.11 Å². The van der Waals surface area contributed by atoms with Crippen LogP contribution in [0.2, 0.25) is 0 Å². The summed E-state index contributed by atoms with van der Waals surface area (Å²) < 4.78 is 4.43. The van der Waals surface area contributed by atoms with Gasteiger partial charge in [-0.25, -0.2) is 4.79 Å². The Morgan fingerprint density at radius 2 is 1.93 bits per heavy atom. The molecule has 0 saturated heterocycles. The summed E-state index contributed by atoms with van der Waals surface area (Å²) in [5.74, 6) is -0.916. The minimum absolute atomic E-state index is 0.346. The molecule has 0 bridgehead atoms. The lowest BCUT2D eigenvalue weighted by molar-refractivity contribution is -0.141. The topological polar surface area (TPSA) is 55.4 Å². The average molecular weight is 206 g/mol. The van der Waals surface area contributed by atoms with Crippen LogP contribution in [0.15, 0.2) is 30.3 Å². The van der Waals surface area contributed by atoms with E-state index in [1.54, 1.807) is 30.3 Å². The molecule has 1 rings (SSSR count). The summed E-state index contributed by atoms with van der Waals surface area (Å²) in [7, 11) is 1.25. The molecule has 1 atom stereocenters. The van der Waals surface area contributed by atoms with Gasteiger partial charge in [-0.1, -0.05) is 18.2 Å². The molecule has 0 aliphatic carbocycles. The molecular weight excluding hydrogens is 194 g/mol. The van der Waals surface area contributed by atoms with Gasteiger partial charge in [0.05, 0.1) is 7.11 Å². The summed E-state index contributed by atoms with van der Waals surface area (Å²) in [5.41, 5.74) is 0.482. The number of hydrogen-bond acceptors (Lipinski definition) is 3. The van der Waals surface area contributed by atoms with Crippen molar-refractivity contribution in [3.05, 3.63) is 42.8 Å². The molecule has 1 amide bonds. The van der Waals surface area contributed by atoms with Crippen LogP contribution in [0.1, 0.15) is 10.4 Å². The molecule has 4 heteroatoms. The molecule has 1 aromatic carbocycles. The molecule has 0 aliphatic heterocycles. The van der Waals surface area contributed by atoms with Crippen LogP contribution in [-0.4, -0.2) is 25.0 Å². The lowest BCUT2D eigenvalue weighted by atomic mass is 10.2. The maximum absolute atomic E-state index is 11.5. The number of amides is 1. The van der Waals surface area contributed by atoms with Gasteiger partial charge in [0.1, 0.15) is 6.04 Å². The number of methoxy groups -OCH3 is 1. The van der Waals surface area contributed by atoms with Gasteiger partial charge in [0.15, 0.2) is 0 Å². The predicted octanol–water partition coefficient (Wildman–Crippen LogP) is 0.792. The first-order valence-corrected chi connectivity index (χ1v) is 4.42. The number of hydrogen-bond donors (Lipinski definition) is 1. The molecular formula is C11H12NO3. The molecule has 1 N–H and O–H groups in total. The van der Waals surface area contributed by atoms with Gasteiger partial charge in [-0.3, -0.25) is 4.79 Å². The summed E-state index contributed by atoms with van der Waals surface area (Å²) in [6, 6.07) is 7.70. The Morgan fingerprint density at radius 1 is 1.33 bits per heavy atom. The van der Waals surface area contributed by atoms with E-state index in [2.05, 4.69) is 17.0 Å². The van der Waals surface area contributed by atoms with Gasteiger partial charge in [0.25, 0.3) is 5.91 Å². The van der Waals surface area contributed by atoms with E-state index < -0.39 is 12.0 Å². The minimum Gasteiger partial charge on any atom is -0.467 e. The lowest BCUT2D eigenvalue weighted by Crippen LogP contribution is -2.39. The van der Waals surface area contributed by atoms with Gasteiger partial charge in [-0.15, -0.1) is 0 Å². The van der Waals surface area contributed by atoms with E-state index in [-0.39, 0.29) is 5.91 Å². The quantitative estimate of drug-likeness (QED) is 0.744. The maximum Gasteiger partial charge on any atom is 0.328 e. The van der Waals surface area contributed by atoms with Crippen molar-refractivity contribution in [3.8, 4) is 0 Å². The first-order valence-electron chi connectivity index (χ1n) is 4.42. The van der Waals surface area contributed by atoms with Gasteiger partial charge in [0.2, 0.25) is 0 Å². The molecule has 0 aliphatic rings. The molecule has 0 fully saturated rings. The Morgan fingerprint density at radius 3 is 2.47 bits per heavy atom. The zero-order valence-electron chi connectivity index (χ0n) is 8.40. The molecule has 0 unspecified atom stereocenters. The molecule has 1 radical (unpaired) electrons. The van der Waals surface area contributed by atoms with E-state index in [4.69, 9.17) is 0 Å². The first-order chi connectivity index (χ1) is 7.15. The molecule has 4 nitrogen and oxygen atoms in total.